The number of hydrogen-bond donors (Lipinski definition) is 1. The van der Waals surface area contributed by atoms with E-state index in [1.54, 1.807) is 13.2 Å². The van der Waals surface area contributed by atoms with Crippen molar-refractivity contribution in [2.45, 2.75) is 26.1 Å². The summed E-state index contributed by atoms with van der Waals surface area (Å²) in [5.41, 5.74) is 2.97. The number of nitrogens with one attached hydrogen (secondary N) is 1. The molecule has 0 heterocycles. The molecular formula is C17H19F2NO. The van der Waals surface area contributed by atoms with E-state index in [1.807, 2.05) is 31.2 Å². The molecule has 2 rings (SSSR count). The van der Waals surface area contributed by atoms with Gasteiger partial charge in [-0.1, -0.05) is 30.3 Å². The zero-order valence-corrected chi connectivity index (χ0v) is 12.2. The normalized spacial score (nSPS) is 12.4. The molecule has 21 heavy (non-hydrogen) atoms. The van der Waals surface area contributed by atoms with Gasteiger partial charge in [0.05, 0.1) is 6.61 Å². The Morgan fingerprint density at radius 1 is 1.05 bits per heavy atom. The number of ether oxygens (including phenoxy) is 1. The highest BCUT2D eigenvalue weighted by Crippen LogP contribution is 2.17. The Kier molecular flexibility index (Phi) is 5.42. The molecule has 0 saturated heterocycles. The van der Waals surface area contributed by atoms with Crippen molar-refractivity contribution in [3.8, 4) is 0 Å². The van der Waals surface area contributed by atoms with Gasteiger partial charge in [0, 0.05) is 19.7 Å². The van der Waals surface area contributed by atoms with Gasteiger partial charge in [0.15, 0.2) is 11.6 Å². The molecule has 0 radical (unpaired) electrons. The molecule has 2 aromatic carbocycles. The average Bonchev–Trinajstić information content (AvgIpc) is 2.49. The molecule has 112 valence electrons. The third kappa shape index (κ3) is 4.09. The van der Waals surface area contributed by atoms with Crippen LogP contribution in [0.15, 0.2) is 42.5 Å². The summed E-state index contributed by atoms with van der Waals surface area (Å²) >= 11 is 0. The van der Waals surface area contributed by atoms with E-state index in [0.717, 1.165) is 22.8 Å². The number of rotatable bonds is 6. The summed E-state index contributed by atoms with van der Waals surface area (Å²) in [7, 11) is 1.66. The molecule has 1 unspecified atom stereocenters. The lowest BCUT2D eigenvalue weighted by Crippen LogP contribution is -2.19. The minimum Gasteiger partial charge on any atom is -0.380 e. The van der Waals surface area contributed by atoms with Crippen LogP contribution in [0, 0.1) is 11.6 Å². The van der Waals surface area contributed by atoms with E-state index in [-0.39, 0.29) is 6.04 Å². The lowest BCUT2D eigenvalue weighted by molar-refractivity contribution is 0.184. The molecule has 1 N–H and O–H groups in total. The summed E-state index contributed by atoms with van der Waals surface area (Å²) in [4.78, 5) is 0. The van der Waals surface area contributed by atoms with Crippen molar-refractivity contribution < 1.29 is 13.5 Å². The molecular weight excluding hydrogens is 272 g/mol. The maximum Gasteiger partial charge on any atom is 0.159 e. The molecule has 2 nitrogen and oxygen atoms in total. The van der Waals surface area contributed by atoms with Gasteiger partial charge < -0.3 is 10.1 Å². The lowest BCUT2D eigenvalue weighted by Gasteiger charge is -2.16. The minimum absolute atomic E-state index is 0.0734. The van der Waals surface area contributed by atoms with Gasteiger partial charge in [-0.2, -0.15) is 0 Å². The van der Waals surface area contributed by atoms with Gasteiger partial charge in [-0.05, 0) is 35.7 Å². The Morgan fingerprint density at radius 2 is 1.76 bits per heavy atom. The van der Waals surface area contributed by atoms with Gasteiger partial charge in [-0.15, -0.1) is 0 Å². The van der Waals surface area contributed by atoms with Crippen molar-refractivity contribution in [3.05, 3.63) is 70.8 Å². The first-order chi connectivity index (χ1) is 10.1. The molecule has 0 aliphatic rings. The fourth-order valence-electron chi connectivity index (χ4n) is 2.19. The van der Waals surface area contributed by atoms with E-state index in [4.69, 9.17) is 4.74 Å². The van der Waals surface area contributed by atoms with Crippen LogP contribution >= 0.6 is 0 Å². The second-order valence-corrected chi connectivity index (χ2v) is 4.98. The summed E-state index contributed by atoms with van der Waals surface area (Å²) in [6, 6.07) is 11.9. The fraction of sp³-hybridized carbons (Fsp3) is 0.294. The van der Waals surface area contributed by atoms with Crippen molar-refractivity contribution in [2.24, 2.45) is 0 Å². The molecule has 0 spiro atoms. The highest BCUT2D eigenvalue weighted by Gasteiger charge is 2.10. The topological polar surface area (TPSA) is 21.3 Å². The van der Waals surface area contributed by atoms with Crippen molar-refractivity contribution in [1.82, 2.24) is 5.32 Å². The zero-order valence-electron chi connectivity index (χ0n) is 12.2. The van der Waals surface area contributed by atoms with Crippen LogP contribution < -0.4 is 5.32 Å². The zero-order chi connectivity index (χ0) is 15.2. The summed E-state index contributed by atoms with van der Waals surface area (Å²) < 4.78 is 31.4. The van der Waals surface area contributed by atoms with Crippen LogP contribution in [-0.2, 0) is 17.9 Å². The summed E-state index contributed by atoms with van der Waals surface area (Å²) in [6.45, 7) is 3.11. The van der Waals surface area contributed by atoms with Gasteiger partial charge in [0.2, 0.25) is 0 Å². The number of methoxy groups -OCH3 is 1. The fourth-order valence-corrected chi connectivity index (χ4v) is 2.19. The maximum atomic E-state index is 13.2. The number of benzene rings is 2. The smallest absolute Gasteiger partial charge is 0.159 e. The van der Waals surface area contributed by atoms with Crippen LogP contribution in [0.5, 0.6) is 0 Å². The molecule has 2 aromatic rings. The molecule has 4 heteroatoms. The summed E-state index contributed by atoms with van der Waals surface area (Å²) in [6.07, 6.45) is 0. The highest BCUT2D eigenvalue weighted by molar-refractivity contribution is 5.27. The maximum absolute atomic E-state index is 13.2. The van der Waals surface area contributed by atoms with E-state index in [0.29, 0.717) is 13.2 Å². The first kappa shape index (κ1) is 15.6. The van der Waals surface area contributed by atoms with Crippen LogP contribution in [0.2, 0.25) is 0 Å². The van der Waals surface area contributed by atoms with Crippen molar-refractivity contribution >= 4 is 0 Å². The highest BCUT2D eigenvalue weighted by atomic mass is 19.2. The quantitative estimate of drug-likeness (QED) is 0.869. The van der Waals surface area contributed by atoms with Gasteiger partial charge in [0.1, 0.15) is 0 Å². The Morgan fingerprint density at radius 3 is 2.43 bits per heavy atom. The van der Waals surface area contributed by atoms with Gasteiger partial charge >= 0.3 is 0 Å². The second kappa shape index (κ2) is 7.29. The molecule has 0 aliphatic heterocycles. The Balaban J connectivity index is 2.03. The Labute approximate surface area is 123 Å². The summed E-state index contributed by atoms with van der Waals surface area (Å²) in [5.74, 6) is -1.64. The van der Waals surface area contributed by atoms with Crippen molar-refractivity contribution in [2.75, 3.05) is 7.11 Å². The molecule has 0 saturated carbocycles. The molecule has 0 fully saturated rings. The lowest BCUT2D eigenvalue weighted by atomic mass is 10.1. The van der Waals surface area contributed by atoms with Gasteiger partial charge in [-0.3, -0.25) is 0 Å². The van der Waals surface area contributed by atoms with E-state index in [1.165, 1.54) is 6.07 Å². The second-order valence-electron chi connectivity index (χ2n) is 4.98. The molecule has 0 bridgehead atoms. The van der Waals surface area contributed by atoms with Crippen LogP contribution in [0.3, 0.4) is 0 Å². The SMILES string of the molecule is COCc1ccccc1CNC(C)c1ccc(F)c(F)c1. The number of halogens is 2. The van der Waals surface area contributed by atoms with Crippen LogP contribution in [-0.4, -0.2) is 7.11 Å². The van der Waals surface area contributed by atoms with Gasteiger partial charge in [0.25, 0.3) is 0 Å². The van der Waals surface area contributed by atoms with Crippen LogP contribution in [0.25, 0.3) is 0 Å². The third-order valence-corrected chi connectivity index (χ3v) is 3.46. The summed E-state index contributed by atoms with van der Waals surface area (Å²) in [5, 5.41) is 3.32. The Bertz CT molecular complexity index is 601. The van der Waals surface area contributed by atoms with Gasteiger partial charge in [-0.25, -0.2) is 8.78 Å². The predicted molar refractivity (Wildman–Crippen MR) is 78.8 cm³/mol. The largest absolute Gasteiger partial charge is 0.380 e. The standard InChI is InChI=1S/C17H19F2NO/c1-12(13-7-8-16(18)17(19)9-13)20-10-14-5-3-4-6-15(14)11-21-2/h3-9,12,20H,10-11H2,1-2H3. The molecule has 0 aromatic heterocycles. The molecule has 0 aliphatic carbocycles. The van der Waals surface area contributed by atoms with E-state index in [9.17, 15) is 8.78 Å². The minimum atomic E-state index is -0.823. The average molecular weight is 291 g/mol. The molecule has 1 atom stereocenters. The Hall–Kier alpha value is -1.78. The monoisotopic (exact) mass is 291 g/mol. The molecule has 0 amide bonds. The first-order valence-electron chi connectivity index (χ1n) is 6.86. The third-order valence-electron chi connectivity index (χ3n) is 3.46. The van der Waals surface area contributed by atoms with Crippen molar-refractivity contribution in [3.63, 3.8) is 0 Å². The first-order valence-corrected chi connectivity index (χ1v) is 6.86. The number of hydrogen-bond acceptors (Lipinski definition) is 2. The van der Waals surface area contributed by atoms with Crippen LogP contribution in [0.1, 0.15) is 29.7 Å². The van der Waals surface area contributed by atoms with E-state index in [2.05, 4.69) is 5.32 Å². The van der Waals surface area contributed by atoms with Crippen molar-refractivity contribution in [1.29, 1.82) is 0 Å². The van der Waals surface area contributed by atoms with E-state index < -0.39 is 11.6 Å². The predicted octanol–water partition coefficient (Wildman–Crippen LogP) is 3.96. The van der Waals surface area contributed by atoms with Crippen LogP contribution in [0.4, 0.5) is 8.78 Å². The van der Waals surface area contributed by atoms with E-state index >= 15 is 0 Å².